The van der Waals surface area contributed by atoms with Crippen molar-refractivity contribution in [2.24, 2.45) is 5.92 Å². The summed E-state index contributed by atoms with van der Waals surface area (Å²) in [5.74, 6) is 1.31. The second-order valence-corrected chi connectivity index (χ2v) is 4.74. The van der Waals surface area contributed by atoms with Crippen molar-refractivity contribution >= 4 is 11.6 Å². The normalized spacial score (nSPS) is 14.8. The van der Waals surface area contributed by atoms with E-state index < -0.39 is 5.60 Å². The van der Waals surface area contributed by atoms with E-state index in [0.717, 1.165) is 6.42 Å². The van der Waals surface area contributed by atoms with Crippen molar-refractivity contribution in [3.05, 3.63) is 12.4 Å². The van der Waals surface area contributed by atoms with Gasteiger partial charge in [0.1, 0.15) is 0 Å². The molecule has 0 fully saturated rings. The van der Waals surface area contributed by atoms with Crippen LogP contribution in [0, 0.1) is 5.92 Å². The highest BCUT2D eigenvalue weighted by Gasteiger charge is 2.21. The maximum Gasteiger partial charge on any atom is 0.169 e. The molecule has 0 aliphatic heterocycles. The summed E-state index contributed by atoms with van der Waals surface area (Å²) in [6.07, 6.45) is 3.82. The van der Waals surface area contributed by atoms with Gasteiger partial charge < -0.3 is 16.2 Å². The lowest BCUT2D eigenvalue weighted by Crippen LogP contribution is -2.35. The van der Waals surface area contributed by atoms with Crippen molar-refractivity contribution in [2.75, 3.05) is 17.6 Å². The number of nitrogens with one attached hydrogen (secondary N) is 1. The Balaban J connectivity index is 2.54. The molecule has 90 valence electrons. The highest BCUT2D eigenvalue weighted by atomic mass is 16.3. The first kappa shape index (κ1) is 12.7. The summed E-state index contributed by atoms with van der Waals surface area (Å²) in [7, 11) is 0. The van der Waals surface area contributed by atoms with Crippen LogP contribution in [-0.4, -0.2) is 27.2 Å². The van der Waals surface area contributed by atoms with Crippen molar-refractivity contribution < 1.29 is 5.11 Å². The third-order valence-electron chi connectivity index (χ3n) is 2.21. The zero-order chi connectivity index (χ0) is 12.2. The first-order valence-electron chi connectivity index (χ1n) is 5.43. The van der Waals surface area contributed by atoms with E-state index in [9.17, 15) is 5.11 Å². The first-order chi connectivity index (χ1) is 7.41. The van der Waals surface area contributed by atoms with E-state index in [2.05, 4.69) is 29.1 Å². The van der Waals surface area contributed by atoms with Crippen LogP contribution in [0.15, 0.2) is 12.4 Å². The van der Waals surface area contributed by atoms with Gasteiger partial charge in [0.05, 0.1) is 5.60 Å². The predicted molar refractivity (Wildman–Crippen MR) is 65.0 cm³/mol. The van der Waals surface area contributed by atoms with E-state index in [1.54, 1.807) is 13.1 Å². The van der Waals surface area contributed by atoms with Gasteiger partial charge in [0.2, 0.25) is 0 Å². The second kappa shape index (κ2) is 5.12. The third kappa shape index (κ3) is 4.02. The van der Waals surface area contributed by atoms with Crippen LogP contribution in [0.2, 0.25) is 0 Å². The topological polar surface area (TPSA) is 84.1 Å². The molecule has 1 unspecified atom stereocenters. The minimum atomic E-state index is -0.766. The van der Waals surface area contributed by atoms with Crippen LogP contribution in [0.25, 0.3) is 0 Å². The summed E-state index contributed by atoms with van der Waals surface area (Å²) in [6.45, 7) is 6.36. The van der Waals surface area contributed by atoms with Crippen molar-refractivity contribution in [1.29, 1.82) is 0 Å². The summed E-state index contributed by atoms with van der Waals surface area (Å²) in [4.78, 5) is 7.96. The Bertz CT molecular complexity index is 339. The highest BCUT2D eigenvalue weighted by Crippen LogP contribution is 2.18. The molecule has 0 amide bonds. The molecular weight excluding hydrogens is 204 g/mol. The van der Waals surface area contributed by atoms with E-state index in [0.29, 0.717) is 24.1 Å². The summed E-state index contributed by atoms with van der Waals surface area (Å²) < 4.78 is 0. The molecule has 0 radical (unpaired) electrons. The van der Waals surface area contributed by atoms with Crippen molar-refractivity contribution in [3.63, 3.8) is 0 Å². The van der Waals surface area contributed by atoms with Gasteiger partial charge in [-0.25, -0.2) is 9.97 Å². The molecule has 1 aromatic rings. The van der Waals surface area contributed by atoms with E-state index in [4.69, 9.17) is 5.73 Å². The molecular formula is C11H20N4O. The zero-order valence-electron chi connectivity index (χ0n) is 10.1. The van der Waals surface area contributed by atoms with Crippen molar-refractivity contribution in [3.8, 4) is 0 Å². The van der Waals surface area contributed by atoms with E-state index in [-0.39, 0.29) is 0 Å². The van der Waals surface area contributed by atoms with E-state index in [1.165, 1.54) is 6.20 Å². The van der Waals surface area contributed by atoms with Crippen LogP contribution in [-0.2, 0) is 0 Å². The van der Waals surface area contributed by atoms with Crippen LogP contribution < -0.4 is 11.1 Å². The Labute approximate surface area is 96.1 Å². The summed E-state index contributed by atoms with van der Waals surface area (Å²) in [5.41, 5.74) is 4.87. The SMILES string of the molecule is CC(C)CC(C)(O)CNc1nccnc1N. The number of nitrogen functional groups attached to an aromatic ring is 1. The molecule has 4 N–H and O–H groups in total. The van der Waals surface area contributed by atoms with Crippen LogP contribution in [0.3, 0.4) is 0 Å². The number of hydrogen-bond donors (Lipinski definition) is 3. The Morgan fingerprint density at radius 2 is 2.06 bits per heavy atom. The molecule has 0 saturated heterocycles. The molecule has 0 aliphatic carbocycles. The molecule has 1 rings (SSSR count). The lowest BCUT2D eigenvalue weighted by atomic mass is 9.94. The quantitative estimate of drug-likeness (QED) is 0.701. The molecule has 5 nitrogen and oxygen atoms in total. The Hall–Kier alpha value is -1.36. The third-order valence-corrected chi connectivity index (χ3v) is 2.21. The van der Waals surface area contributed by atoms with Crippen molar-refractivity contribution in [1.82, 2.24) is 9.97 Å². The van der Waals surface area contributed by atoms with Crippen LogP contribution >= 0.6 is 0 Å². The molecule has 1 aromatic heterocycles. The molecule has 0 spiro atoms. The van der Waals surface area contributed by atoms with E-state index in [1.807, 2.05) is 0 Å². The summed E-state index contributed by atoms with van der Waals surface area (Å²) >= 11 is 0. The number of nitrogens with zero attached hydrogens (tertiary/aromatic N) is 2. The minimum Gasteiger partial charge on any atom is -0.388 e. The Morgan fingerprint density at radius 3 is 2.62 bits per heavy atom. The minimum absolute atomic E-state index is 0.350. The number of aliphatic hydroxyl groups is 1. The fourth-order valence-corrected chi connectivity index (χ4v) is 1.71. The van der Waals surface area contributed by atoms with Gasteiger partial charge in [-0.1, -0.05) is 13.8 Å². The Morgan fingerprint density at radius 1 is 1.44 bits per heavy atom. The molecule has 0 bridgehead atoms. The van der Waals surface area contributed by atoms with Gasteiger partial charge in [-0.15, -0.1) is 0 Å². The maximum absolute atomic E-state index is 10.1. The molecule has 16 heavy (non-hydrogen) atoms. The van der Waals surface area contributed by atoms with Gasteiger partial charge in [-0.3, -0.25) is 0 Å². The fourth-order valence-electron chi connectivity index (χ4n) is 1.71. The first-order valence-corrected chi connectivity index (χ1v) is 5.43. The molecule has 1 heterocycles. The second-order valence-electron chi connectivity index (χ2n) is 4.74. The van der Waals surface area contributed by atoms with E-state index >= 15 is 0 Å². The number of aromatic nitrogens is 2. The average molecular weight is 224 g/mol. The number of rotatable bonds is 5. The van der Waals surface area contributed by atoms with Crippen LogP contribution in [0.1, 0.15) is 27.2 Å². The number of hydrogen-bond acceptors (Lipinski definition) is 5. The summed E-state index contributed by atoms with van der Waals surface area (Å²) in [5, 5.41) is 13.1. The standard InChI is InChI=1S/C11H20N4O/c1-8(2)6-11(3,16)7-15-10-9(12)13-4-5-14-10/h4-5,8,16H,6-7H2,1-3H3,(H2,12,13)(H,14,15). The molecule has 1 atom stereocenters. The predicted octanol–water partition coefficient (Wildman–Crippen LogP) is 1.27. The summed E-state index contributed by atoms with van der Waals surface area (Å²) in [6, 6.07) is 0. The molecule has 0 aromatic carbocycles. The molecule has 0 aliphatic rings. The number of anilines is 2. The monoisotopic (exact) mass is 224 g/mol. The lowest BCUT2D eigenvalue weighted by molar-refractivity contribution is 0.0515. The van der Waals surface area contributed by atoms with Gasteiger partial charge in [0, 0.05) is 18.9 Å². The van der Waals surface area contributed by atoms with Gasteiger partial charge in [0.25, 0.3) is 0 Å². The lowest BCUT2D eigenvalue weighted by Gasteiger charge is -2.25. The van der Waals surface area contributed by atoms with Gasteiger partial charge in [-0.2, -0.15) is 0 Å². The molecule has 5 heteroatoms. The van der Waals surface area contributed by atoms with Crippen LogP contribution in [0.5, 0.6) is 0 Å². The van der Waals surface area contributed by atoms with Gasteiger partial charge >= 0.3 is 0 Å². The van der Waals surface area contributed by atoms with Crippen LogP contribution in [0.4, 0.5) is 11.6 Å². The van der Waals surface area contributed by atoms with Gasteiger partial charge in [0.15, 0.2) is 11.6 Å². The fraction of sp³-hybridized carbons (Fsp3) is 0.636. The average Bonchev–Trinajstić information content (AvgIpc) is 2.14. The highest BCUT2D eigenvalue weighted by molar-refractivity contribution is 5.55. The zero-order valence-corrected chi connectivity index (χ0v) is 10.1. The number of nitrogens with two attached hydrogens (primary N) is 1. The van der Waals surface area contributed by atoms with Gasteiger partial charge in [-0.05, 0) is 19.3 Å². The van der Waals surface area contributed by atoms with Crippen molar-refractivity contribution in [2.45, 2.75) is 32.8 Å². The maximum atomic E-state index is 10.1. The Kier molecular flexibility index (Phi) is 4.06. The largest absolute Gasteiger partial charge is 0.388 e. The smallest absolute Gasteiger partial charge is 0.169 e. The molecule has 0 saturated carbocycles.